The van der Waals surface area contributed by atoms with E-state index in [0.29, 0.717) is 18.8 Å². The summed E-state index contributed by atoms with van der Waals surface area (Å²) in [6.45, 7) is 0.596. The second kappa shape index (κ2) is 5.92. The van der Waals surface area contributed by atoms with E-state index in [2.05, 4.69) is 5.32 Å². The minimum atomic E-state index is -0.984. The Kier molecular flexibility index (Phi) is 4.53. The van der Waals surface area contributed by atoms with Gasteiger partial charge in [0.15, 0.2) is 0 Å². The Morgan fingerprint density at radius 1 is 1.56 bits per heavy atom. The fraction of sp³-hybridized carbons (Fsp3) is 0.400. The van der Waals surface area contributed by atoms with Crippen molar-refractivity contribution in [1.82, 2.24) is 9.88 Å². The van der Waals surface area contributed by atoms with Crippen molar-refractivity contribution in [2.75, 3.05) is 20.3 Å². The van der Waals surface area contributed by atoms with Gasteiger partial charge in [0.25, 0.3) is 5.91 Å². The molecule has 1 heterocycles. The Morgan fingerprint density at radius 3 is 2.94 bits per heavy atom. The molecule has 0 aliphatic carbocycles. The van der Waals surface area contributed by atoms with Crippen molar-refractivity contribution < 1.29 is 19.4 Å². The van der Waals surface area contributed by atoms with Crippen LogP contribution < -0.4 is 5.32 Å². The zero-order chi connectivity index (χ0) is 12.0. The van der Waals surface area contributed by atoms with Crippen LogP contribution in [0.25, 0.3) is 0 Å². The lowest BCUT2D eigenvalue weighted by Crippen LogP contribution is -2.29. The van der Waals surface area contributed by atoms with Gasteiger partial charge in [0.1, 0.15) is 12.2 Å². The van der Waals surface area contributed by atoms with Gasteiger partial charge in [-0.2, -0.15) is 0 Å². The number of aliphatic carboxylic acids is 1. The van der Waals surface area contributed by atoms with Gasteiger partial charge in [-0.1, -0.05) is 0 Å². The maximum absolute atomic E-state index is 11.6. The highest BCUT2D eigenvalue weighted by Gasteiger charge is 2.11. The number of amides is 1. The summed E-state index contributed by atoms with van der Waals surface area (Å²) >= 11 is 0. The maximum Gasteiger partial charge on any atom is 0.323 e. The molecule has 0 spiro atoms. The Bertz CT molecular complexity index is 373. The zero-order valence-corrected chi connectivity index (χ0v) is 8.97. The molecule has 6 nitrogen and oxygen atoms in total. The van der Waals surface area contributed by atoms with E-state index in [0.717, 1.165) is 0 Å². The SMILES string of the molecule is COCCNC(=O)c1cccn1CC(=O)O. The van der Waals surface area contributed by atoms with E-state index in [1.807, 2.05) is 0 Å². The first-order valence-corrected chi connectivity index (χ1v) is 4.79. The first kappa shape index (κ1) is 12.3. The van der Waals surface area contributed by atoms with Crippen LogP contribution in [0.5, 0.6) is 0 Å². The van der Waals surface area contributed by atoms with Crippen molar-refractivity contribution in [1.29, 1.82) is 0 Å². The molecule has 0 bridgehead atoms. The summed E-state index contributed by atoms with van der Waals surface area (Å²) in [4.78, 5) is 22.1. The molecule has 0 atom stereocenters. The number of nitrogens with zero attached hydrogens (tertiary/aromatic N) is 1. The van der Waals surface area contributed by atoms with Crippen LogP contribution in [-0.4, -0.2) is 41.8 Å². The number of hydrogen-bond acceptors (Lipinski definition) is 3. The largest absolute Gasteiger partial charge is 0.480 e. The summed E-state index contributed by atoms with van der Waals surface area (Å²) in [5.74, 6) is -1.29. The molecule has 6 heteroatoms. The molecule has 0 aliphatic rings. The fourth-order valence-corrected chi connectivity index (χ4v) is 1.26. The van der Waals surface area contributed by atoms with Crippen LogP contribution in [0.2, 0.25) is 0 Å². The molecule has 1 aromatic rings. The average Bonchev–Trinajstić information content (AvgIpc) is 2.65. The van der Waals surface area contributed by atoms with E-state index < -0.39 is 5.97 Å². The number of hydrogen-bond donors (Lipinski definition) is 2. The third kappa shape index (κ3) is 3.39. The Hall–Kier alpha value is -1.82. The van der Waals surface area contributed by atoms with Gasteiger partial charge in [-0.05, 0) is 12.1 Å². The number of ether oxygens (including phenoxy) is 1. The van der Waals surface area contributed by atoms with Gasteiger partial charge < -0.3 is 19.7 Å². The molecule has 0 radical (unpaired) electrons. The van der Waals surface area contributed by atoms with E-state index in [-0.39, 0.29) is 12.5 Å². The van der Waals surface area contributed by atoms with E-state index >= 15 is 0 Å². The molecule has 0 fully saturated rings. The van der Waals surface area contributed by atoms with E-state index in [1.54, 1.807) is 25.4 Å². The lowest BCUT2D eigenvalue weighted by molar-refractivity contribution is -0.137. The van der Waals surface area contributed by atoms with Crippen LogP contribution in [0.4, 0.5) is 0 Å². The van der Waals surface area contributed by atoms with Gasteiger partial charge in [0, 0.05) is 19.9 Å². The van der Waals surface area contributed by atoms with Crippen molar-refractivity contribution in [3.05, 3.63) is 24.0 Å². The van der Waals surface area contributed by atoms with Gasteiger partial charge >= 0.3 is 5.97 Å². The van der Waals surface area contributed by atoms with Gasteiger partial charge in [0.2, 0.25) is 0 Å². The summed E-state index contributed by atoms with van der Waals surface area (Å²) in [7, 11) is 1.54. The van der Waals surface area contributed by atoms with Crippen LogP contribution in [0, 0.1) is 0 Å². The quantitative estimate of drug-likeness (QED) is 0.666. The van der Waals surface area contributed by atoms with E-state index in [4.69, 9.17) is 9.84 Å². The predicted octanol–water partition coefficient (Wildman–Crippen LogP) is -0.0511. The van der Waals surface area contributed by atoms with Crippen LogP contribution >= 0.6 is 0 Å². The average molecular weight is 226 g/mol. The molecule has 1 aromatic heterocycles. The number of rotatable bonds is 6. The van der Waals surface area contributed by atoms with Gasteiger partial charge in [0.05, 0.1) is 6.61 Å². The Balaban J connectivity index is 2.61. The molecule has 0 saturated heterocycles. The van der Waals surface area contributed by atoms with Gasteiger partial charge in [-0.15, -0.1) is 0 Å². The Morgan fingerprint density at radius 2 is 2.31 bits per heavy atom. The first-order chi connectivity index (χ1) is 7.65. The highest BCUT2D eigenvalue weighted by molar-refractivity contribution is 5.93. The molecule has 2 N–H and O–H groups in total. The number of nitrogens with one attached hydrogen (secondary N) is 1. The molecular weight excluding hydrogens is 212 g/mol. The molecule has 0 unspecified atom stereocenters. The van der Waals surface area contributed by atoms with Crippen LogP contribution in [0.3, 0.4) is 0 Å². The summed E-state index contributed by atoms with van der Waals surface area (Å²) in [5, 5.41) is 11.3. The highest BCUT2D eigenvalue weighted by Crippen LogP contribution is 2.01. The molecule has 0 aliphatic heterocycles. The molecule has 0 saturated carbocycles. The minimum Gasteiger partial charge on any atom is -0.480 e. The van der Waals surface area contributed by atoms with Crippen molar-refractivity contribution in [2.24, 2.45) is 0 Å². The smallest absolute Gasteiger partial charge is 0.323 e. The predicted molar refractivity (Wildman–Crippen MR) is 56.3 cm³/mol. The number of methoxy groups -OCH3 is 1. The van der Waals surface area contributed by atoms with E-state index in [9.17, 15) is 9.59 Å². The maximum atomic E-state index is 11.6. The molecule has 0 aromatic carbocycles. The third-order valence-corrected chi connectivity index (χ3v) is 1.96. The third-order valence-electron chi connectivity index (χ3n) is 1.96. The van der Waals surface area contributed by atoms with Crippen molar-refractivity contribution >= 4 is 11.9 Å². The number of carbonyl (C=O) groups is 2. The molecule has 16 heavy (non-hydrogen) atoms. The standard InChI is InChI=1S/C10H14N2O4/c1-16-6-4-11-10(15)8-3-2-5-12(8)7-9(13)14/h2-3,5H,4,6-7H2,1H3,(H,11,15)(H,13,14). The van der Waals surface area contributed by atoms with E-state index in [1.165, 1.54) is 4.57 Å². The molecule has 1 amide bonds. The number of aromatic nitrogens is 1. The summed E-state index contributed by atoms with van der Waals surface area (Å²) in [6, 6.07) is 3.21. The van der Waals surface area contributed by atoms with Gasteiger partial charge in [-0.25, -0.2) is 0 Å². The van der Waals surface area contributed by atoms with Crippen LogP contribution in [0.1, 0.15) is 10.5 Å². The van der Waals surface area contributed by atoms with Crippen LogP contribution in [0.15, 0.2) is 18.3 Å². The lowest BCUT2D eigenvalue weighted by atomic mass is 10.4. The monoisotopic (exact) mass is 226 g/mol. The number of carboxylic acids is 1. The summed E-state index contributed by atoms with van der Waals surface area (Å²) in [6.07, 6.45) is 1.55. The van der Waals surface area contributed by atoms with Crippen LogP contribution in [-0.2, 0) is 16.1 Å². The number of carbonyl (C=O) groups excluding carboxylic acids is 1. The van der Waals surface area contributed by atoms with Crippen molar-refractivity contribution in [3.63, 3.8) is 0 Å². The second-order valence-corrected chi connectivity index (χ2v) is 3.16. The number of carboxylic acid groups (broad SMARTS) is 1. The molecule has 88 valence electrons. The zero-order valence-electron chi connectivity index (χ0n) is 8.97. The van der Waals surface area contributed by atoms with Crippen molar-refractivity contribution in [2.45, 2.75) is 6.54 Å². The van der Waals surface area contributed by atoms with Crippen molar-refractivity contribution in [3.8, 4) is 0 Å². The topological polar surface area (TPSA) is 80.6 Å². The lowest BCUT2D eigenvalue weighted by Gasteiger charge is -2.07. The summed E-state index contributed by atoms with van der Waals surface area (Å²) in [5.41, 5.74) is 0.332. The van der Waals surface area contributed by atoms with Gasteiger partial charge in [-0.3, -0.25) is 9.59 Å². The second-order valence-electron chi connectivity index (χ2n) is 3.16. The minimum absolute atomic E-state index is 0.222. The molecular formula is C10H14N2O4. The fourth-order valence-electron chi connectivity index (χ4n) is 1.26. The highest BCUT2D eigenvalue weighted by atomic mass is 16.5. The Labute approximate surface area is 92.8 Å². The normalized spacial score (nSPS) is 10.1. The molecule has 1 rings (SSSR count). The first-order valence-electron chi connectivity index (χ1n) is 4.79. The summed E-state index contributed by atoms with van der Waals surface area (Å²) < 4.78 is 6.17.